The van der Waals surface area contributed by atoms with Crippen LogP contribution in [0.5, 0.6) is 0 Å². The predicted molar refractivity (Wildman–Crippen MR) is 88.1 cm³/mol. The molecule has 0 saturated heterocycles. The van der Waals surface area contributed by atoms with Crippen LogP contribution in [0.1, 0.15) is 45.3 Å². The Morgan fingerprint density at radius 1 is 1.25 bits per heavy atom. The van der Waals surface area contributed by atoms with Crippen LogP contribution in [0.25, 0.3) is 10.9 Å². The van der Waals surface area contributed by atoms with Crippen LogP contribution in [0.4, 0.5) is 0 Å². The van der Waals surface area contributed by atoms with Crippen molar-refractivity contribution in [1.29, 1.82) is 0 Å². The van der Waals surface area contributed by atoms with E-state index in [1.54, 1.807) is 17.7 Å². The van der Waals surface area contributed by atoms with Gasteiger partial charge in [-0.25, -0.2) is 0 Å². The maximum absolute atomic E-state index is 11.2. The zero-order valence-electron chi connectivity index (χ0n) is 12.6. The van der Waals surface area contributed by atoms with Gasteiger partial charge in [-0.05, 0) is 42.4 Å². The highest BCUT2D eigenvalue weighted by atomic mass is 79.9. The standard InChI is InChI=1S/C10H8BrNO.C7H14/c1-7(13)12-5-4-8-2-3-9(11)6-10(8)12;1-7(2,3)6-4-5-6/h2-6H,1H3;6H,4-5H2,1-3H3. The van der Waals surface area contributed by atoms with Gasteiger partial charge in [0.25, 0.3) is 0 Å². The second-order valence-corrected chi connectivity index (χ2v) is 7.46. The number of halogens is 1. The van der Waals surface area contributed by atoms with E-state index in [9.17, 15) is 4.79 Å². The topological polar surface area (TPSA) is 22.0 Å². The fraction of sp³-hybridized carbons (Fsp3) is 0.471. The Balaban J connectivity index is 0.000000178. The highest BCUT2D eigenvalue weighted by Gasteiger charge is 2.33. The Kier molecular flexibility index (Phi) is 4.38. The Morgan fingerprint density at radius 3 is 2.35 bits per heavy atom. The molecule has 108 valence electrons. The normalized spacial score (nSPS) is 14.8. The molecule has 2 nitrogen and oxygen atoms in total. The van der Waals surface area contributed by atoms with Crippen molar-refractivity contribution >= 4 is 32.7 Å². The molecule has 0 amide bonds. The van der Waals surface area contributed by atoms with Crippen molar-refractivity contribution in [2.75, 3.05) is 0 Å². The Labute approximate surface area is 129 Å². The lowest BCUT2D eigenvalue weighted by Crippen LogP contribution is -2.06. The van der Waals surface area contributed by atoms with Gasteiger partial charge in [0, 0.05) is 23.0 Å². The average Bonchev–Trinajstić information content (AvgIpc) is 3.10. The molecule has 20 heavy (non-hydrogen) atoms. The number of rotatable bonds is 0. The third-order valence-electron chi connectivity index (χ3n) is 3.80. The highest BCUT2D eigenvalue weighted by Crippen LogP contribution is 2.44. The molecule has 1 fully saturated rings. The summed E-state index contributed by atoms with van der Waals surface area (Å²) in [5.74, 6) is 1.08. The van der Waals surface area contributed by atoms with Gasteiger partial charge in [0.1, 0.15) is 0 Å². The van der Waals surface area contributed by atoms with Crippen LogP contribution < -0.4 is 0 Å². The molecular weight excluding hydrogens is 314 g/mol. The Hall–Kier alpha value is -1.09. The average molecular weight is 336 g/mol. The molecule has 1 saturated carbocycles. The first-order chi connectivity index (χ1) is 9.29. The lowest BCUT2D eigenvalue weighted by molar-refractivity contribution is 0.0941. The van der Waals surface area contributed by atoms with E-state index in [0.717, 1.165) is 21.3 Å². The molecule has 0 bridgehead atoms. The van der Waals surface area contributed by atoms with E-state index in [0.29, 0.717) is 5.41 Å². The van der Waals surface area contributed by atoms with Gasteiger partial charge in [-0.2, -0.15) is 0 Å². The van der Waals surface area contributed by atoms with Crippen molar-refractivity contribution in [1.82, 2.24) is 4.57 Å². The van der Waals surface area contributed by atoms with E-state index in [1.165, 1.54) is 12.8 Å². The molecule has 1 aliphatic carbocycles. The Bertz CT molecular complexity index is 617. The zero-order valence-corrected chi connectivity index (χ0v) is 14.2. The minimum absolute atomic E-state index is 0.0353. The number of nitrogens with zero attached hydrogens (tertiary/aromatic N) is 1. The van der Waals surface area contributed by atoms with E-state index in [4.69, 9.17) is 0 Å². The molecule has 3 rings (SSSR count). The number of hydrogen-bond acceptors (Lipinski definition) is 1. The van der Waals surface area contributed by atoms with Crippen molar-refractivity contribution < 1.29 is 4.79 Å². The SMILES string of the molecule is CC(=O)n1ccc2ccc(Br)cc21.CC(C)(C)C1CC1. The molecule has 2 aromatic rings. The molecule has 0 N–H and O–H groups in total. The van der Waals surface area contributed by atoms with E-state index < -0.39 is 0 Å². The van der Waals surface area contributed by atoms with Gasteiger partial charge >= 0.3 is 0 Å². The van der Waals surface area contributed by atoms with E-state index in [1.807, 2.05) is 24.3 Å². The number of fused-ring (bicyclic) bond motifs is 1. The summed E-state index contributed by atoms with van der Waals surface area (Å²) in [7, 11) is 0. The minimum Gasteiger partial charge on any atom is -0.287 e. The first-order valence-electron chi connectivity index (χ1n) is 7.06. The third-order valence-corrected chi connectivity index (χ3v) is 4.29. The zero-order chi connectivity index (χ0) is 14.9. The van der Waals surface area contributed by atoms with E-state index in [-0.39, 0.29) is 5.91 Å². The van der Waals surface area contributed by atoms with Gasteiger partial charge in [0.05, 0.1) is 5.52 Å². The maximum Gasteiger partial charge on any atom is 0.227 e. The van der Waals surface area contributed by atoms with Crippen LogP contribution in [0, 0.1) is 11.3 Å². The summed E-state index contributed by atoms with van der Waals surface area (Å²) in [6, 6.07) is 7.82. The van der Waals surface area contributed by atoms with Crippen LogP contribution in [0.15, 0.2) is 34.9 Å². The van der Waals surface area contributed by atoms with E-state index in [2.05, 4.69) is 36.7 Å². The summed E-state index contributed by atoms with van der Waals surface area (Å²) in [6.45, 7) is 8.53. The second-order valence-electron chi connectivity index (χ2n) is 6.55. The molecule has 1 aliphatic rings. The number of benzene rings is 1. The quantitative estimate of drug-likeness (QED) is 0.622. The molecular formula is C17H22BrNO. The van der Waals surface area contributed by atoms with Gasteiger partial charge < -0.3 is 0 Å². The van der Waals surface area contributed by atoms with Crippen LogP contribution >= 0.6 is 15.9 Å². The molecule has 0 atom stereocenters. The van der Waals surface area contributed by atoms with Gasteiger partial charge in [0.15, 0.2) is 0 Å². The van der Waals surface area contributed by atoms with Crippen molar-refractivity contribution in [2.45, 2.75) is 40.5 Å². The van der Waals surface area contributed by atoms with Crippen LogP contribution in [0.2, 0.25) is 0 Å². The number of carbonyl (C=O) groups is 1. The first kappa shape index (κ1) is 15.3. The fourth-order valence-corrected chi connectivity index (χ4v) is 2.67. The van der Waals surface area contributed by atoms with E-state index >= 15 is 0 Å². The Morgan fingerprint density at radius 2 is 1.90 bits per heavy atom. The molecule has 3 heteroatoms. The van der Waals surface area contributed by atoms with Crippen LogP contribution in [-0.2, 0) is 0 Å². The van der Waals surface area contributed by atoms with Crippen LogP contribution in [0.3, 0.4) is 0 Å². The molecule has 1 heterocycles. The summed E-state index contributed by atoms with van der Waals surface area (Å²) in [5, 5.41) is 1.08. The number of carbonyl (C=O) groups excluding carboxylic acids is 1. The van der Waals surface area contributed by atoms with Gasteiger partial charge in [0.2, 0.25) is 5.91 Å². The molecule has 0 radical (unpaired) electrons. The van der Waals surface area contributed by atoms with Crippen LogP contribution in [-0.4, -0.2) is 10.5 Å². The number of aromatic nitrogens is 1. The highest BCUT2D eigenvalue weighted by molar-refractivity contribution is 9.10. The van der Waals surface area contributed by atoms with Crippen molar-refractivity contribution in [2.24, 2.45) is 11.3 Å². The molecule has 1 aromatic carbocycles. The summed E-state index contributed by atoms with van der Waals surface area (Å²) >= 11 is 3.38. The lowest BCUT2D eigenvalue weighted by atomic mass is 9.91. The summed E-state index contributed by atoms with van der Waals surface area (Å²) < 4.78 is 2.63. The van der Waals surface area contributed by atoms with Gasteiger partial charge in [-0.15, -0.1) is 0 Å². The monoisotopic (exact) mass is 335 g/mol. The smallest absolute Gasteiger partial charge is 0.227 e. The second kappa shape index (κ2) is 5.72. The lowest BCUT2D eigenvalue weighted by Gasteiger charge is -2.15. The van der Waals surface area contributed by atoms with Gasteiger partial charge in [-0.3, -0.25) is 9.36 Å². The molecule has 0 unspecified atom stereocenters. The fourth-order valence-electron chi connectivity index (χ4n) is 2.33. The molecule has 1 aromatic heterocycles. The van der Waals surface area contributed by atoms with Crippen molar-refractivity contribution in [3.63, 3.8) is 0 Å². The van der Waals surface area contributed by atoms with Crippen molar-refractivity contribution in [3.05, 3.63) is 34.9 Å². The third kappa shape index (κ3) is 3.72. The first-order valence-corrected chi connectivity index (χ1v) is 7.86. The van der Waals surface area contributed by atoms with Gasteiger partial charge in [-0.1, -0.05) is 42.8 Å². The van der Waals surface area contributed by atoms with Crippen molar-refractivity contribution in [3.8, 4) is 0 Å². The predicted octanol–water partition coefficient (Wildman–Crippen LogP) is 5.51. The summed E-state index contributed by atoms with van der Waals surface area (Å²) in [5.41, 5.74) is 1.56. The molecule has 0 aliphatic heterocycles. The minimum atomic E-state index is 0.0353. The number of hydrogen-bond donors (Lipinski definition) is 0. The summed E-state index contributed by atoms with van der Waals surface area (Å²) in [4.78, 5) is 11.2. The molecule has 0 spiro atoms. The maximum atomic E-state index is 11.2. The largest absolute Gasteiger partial charge is 0.287 e. The summed E-state index contributed by atoms with van der Waals surface area (Å²) in [6.07, 6.45) is 4.74.